The molecule has 2 heterocycles. The smallest absolute Gasteiger partial charge is 0.284 e. The van der Waals surface area contributed by atoms with Gasteiger partial charge in [-0.3, -0.25) is 4.79 Å². The van der Waals surface area contributed by atoms with Crippen molar-refractivity contribution in [1.82, 2.24) is 14.7 Å². The lowest BCUT2D eigenvalue weighted by Gasteiger charge is -2.13. The number of amidine groups is 1. The van der Waals surface area contributed by atoms with E-state index in [2.05, 4.69) is 14.8 Å². The van der Waals surface area contributed by atoms with Crippen LogP contribution in [0.4, 0.5) is 10.1 Å². The molecular formula is C24H26FN5O3S. The Labute approximate surface area is 198 Å². The molecule has 4 rings (SSSR count). The number of aromatic nitrogens is 2. The van der Waals surface area contributed by atoms with E-state index in [1.165, 1.54) is 30.5 Å². The molecule has 1 aliphatic rings. The molecule has 1 aromatic heterocycles. The Morgan fingerprint density at radius 2 is 1.91 bits per heavy atom. The molecule has 8 nitrogen and oxygen atoms in total. The summed E-state index contributed by atoms with van der Waals surface area (Å²) in [5, 5.41) is 7.10. The number of carbonyl (C=O) groups excluding carboxylic acids is 1. The van der Waals surface area contributed by atoms with Gasteiger partial charge in [-0.2, -0.15) is 13.5 Å². The first-order valence-electron chi connectivity index (χ1n) is 11.0. The van der Waals surface area contributed by atoms with Gasteiger partial charge in [-0.1, -0.05) is 19.9 Å². The van der Waals surface area contributed by atoms with Gasteiger partial charge in [-0.15, -0.1) is 4.40 Å². The van der Waals surface area contributed by atoms with Crippen molar-refractivity contribution in [2.45, 2.75) is 37.5 Å². The van der Waals surface area contributed by atoms with Crippen LogP contribution in [0, 0.1) is 5.82 Å². The van der Waals surface area contributed by atoms with Crippen LogP contribution in [-0.4, -0.2) is 48.4 Å². The second-order valence-corrected chi connectivity index (χ2v) is 10.1. The molecule has 0 saturated carbocycles. The van der Waals surface area contributed by atoms with Gasteiger partial charge in [0, 0.05) is 25.7 Å². The van der Waals surface area contributed by atoms with Crippen LogP contribution < -0.4 is 5.32 Å². The summed E-state index contributed by atoms with van der Waals surface area (Å²) < 4.78 is 44.5. The molecule has 0 unspecified atom stereocenters. The summed E-state index contributed by atoms with van der Waals surface area (Å²) in [5.41, 5.74) is 1.97. The number of nitrogens with zero attached hydrogens (tertiary/aromatic N) is 4. The number of hydrogen-bond acceptors (Lipinski definition) is 4. The Hall–Kier alpha value is -3.53. The number of hydrogen-bond donors (Lipinski definition) is 1. The molecule has 0 bridgehead atoms. The van der Waals surface area contributed by atoms with Crippen molar-refractivity contribution in [3.05, 3.63) is 71.8 Å². The first kappa shape index (κ1) is 23.6. The Balaban J connectivity index is 1.61. The maximum Gasteiger partial charge on any atom is 0.284 e. The Morgan fingerprint density at radius 1 is 1.18 bits per heavy atom. The predicted octanol–water partition coefficient (Wildman–Crippen LogP) is 4.20. The topological polar surface area (TPSA) is 96.7 Å². The van der Waals surface area contributed by atoms with Crippen LogP contribution in [0.1, 0.15) is 48.7 Å². The van der Waals surface area contributed by atoms with Gasteiger partial charge in [0.1, 0.15) is 11.7 Å². The highest BCUT2D eigenvalue weighted by atomic mass is 32.2. The Bertz CT molecular complexity index is 1350. The number of benzene rings is 2. The molecule has 178 valence electrons. The van der Waals surface area contributed by atoms with Crippen LogP contribution >= 0.6 is 0 Å². The van der Waals surface area contributed by atoms with E-state index in [-0.39, 0.29) is 16.6 Å². The molecule has 1 fully saturated rings. The summed E-state index contributed by atoms with van der Waals surface area (Å²) in [6, 6.07) is 11.9. The molecule has 0 aliphatic carbocycles. The predicted molar refractivity (Wildman–Crippen MR) is 128 cm³/mol. The van der Waals surface area contributed by atoms with Crippen LogP contribution in [0.5, 0.6) is 0 Å². The molecule has 1 amide bonds. The SMILES string of the molecule is CC(C)c1c(C(=O)Nc2cccc(S(=O)(=O)/N=C3/CCCN3C)c2)cnn1-c1ccc(F)cc1. The first-order valence-corrected chi connectivity index (χ1v) is 12.4. The third-order valence-electron chi connectivity index (χ3n) is 5.62. The quantitative estimate of drug-likeness (QED) is 0.567. The van der Waals surface area contributed by atoms with Gasteiger partial charge < -0.3 is 10.2 Å². The van der Waals surface area contributed by atoms with Crippen molar-refractivity contribution in [3.63, 3.8) is 0 Å². The molecule has 1 saturated heterocycles. The van der Waals surface area contributed by atoms with Gasteiger partial charge >= 0.3 is 0 Å². The highest BCUT2D eigenvalue weighted by Gasteiger charge is 2.23. The molecule has 0 radical (unpaired) electrons. The average Bonchev–Trinajstić information content (AvgIpc) is 3.41. The maximum absolute atomic E-state index is 13.3. The van der Waals surface area contributed by atoms with Crippen molar-refractivity contribution in [2.75, 3.05) is 18.9 Å². The second-order valence-electron chi connectivity index (χ2n) is 8.48. The molecular weight excluding hydrogens is 457 g/mol. The molecule has 10 heteroatoms. The number of halogens is 1. The summed E-state index contributed by atoms with van der Waals surface area (Å²) in [7, 11) is -2.09. The molecule has 34 heavy (non-hydrogen) atoms. The van der Waals surface area contributed by atoms with Crippen LogP contribution in [0.3, 0.4) is 0 Å². The number of amides is 1. The highest BCUT2D eigenvalue weighted by molar-refractivity contribution is 7.90. The van der Waals surface area contributed by atoms with Gasteiger partial charge in [0.2, 0.25) is 0 Å². The third-order valence-corrected chi connectivity index (χ3v) is 6.92. The fourth-order valence-corrected chi connectivity index (χ4v) is 5.05. The van der Waals surface area contributed by atoms with Crippen LogP contribution in [0.2, 0.25) is 0 Å². The minimum absolute atomic E-state index is 0.00388. The summed E-state index contributed by atoms with van der Waals surface area (Å²) in [6.45, 7) is 4.63. The normalized spacial score (nSPS) is 15.3. The molecule has 1 N–H and O–H groups in total. The molecule has 1 aliphatic heterocycles. The molecule has 0 atom stereocenters. The van der Waals surface area contributed by atoms with Crippen LogP contribution in [0.15, 0.2) is 64.0 Å². The summed E-state index contributed by atoms with van der Waals surface area (Å²) in [5.74, 6) is -0.309. The lowest BCUT2D eigenvalue weighted by atomic mass is 10.0. The van der Waals surface area contributed by atoms with Crippen molar-refractivity contribution >= 4 is 27.5 Å². The van der Waals surface area contributed by atoms with Gasteiger partial charge in [0.15, 0.2) is 0 Å². The number of rotatable bonds is 6. The molecule has 2 aromatic carbocycles. The van der Waals surface area contributed by atoms with Gasteiger partial charge in [-0.05, 0) is 54.8 Å². The van der Waals surface area contributed by atoms with Crippen molar-refractivity contribution in [2.24, 2.45) is 4.40 Å². The van der Waals surface area contributed by atoms with E-state index in [0.29, 0.717) is 34.9 Å². The fraction of sp³-hybridized carbons (Fsp3) is 0.292. The van der Waals surface area contributed by atoms with Crippen LogP contribution in [0.25, 0.3) is 5.69 Å². The zero-order valence-electron chi connectivity index (χ0n) is 19.2. The van der Waals surface area contributed by atoms with E-state index in [9.17, 15) is 17.6 Å². The highest BCUT2D eigenvalue weighted by Crippen LogP contribution is 2.25. The fourth-order valence-electron chi connectivity index (χ4n) is 3.91. The van der Waals surface area contributed by atoms with Gasteiger partial charge in [-0.25, -0.2) is 9.07 Å². The van der Waals surface area contributed by atoms with E-state index in [4.69, 9.17) is 0 Å². The first-order chi connectivity index (χ1) is 16.2. The molecule has 3 aromatic rings. The summed E-state index contributed by atoms with van der Waals surface area (Å²) >= 11 is 0. The number of likely N-dealkylation sites (tertiary alicyclic amines) is 1. The average molecular weight is 484 g/mol. The van der Waals surface area contributed by atoms with E-state index in [0.717, 1.165) is 13.0 Å². The standard InChI is InChI=1S/C24H26FN5O3S/c1-16(2)23-21(15-26-30(23)19-11-9-17(25)10-12-19)24(31)27-18-6-4-7-20(14-18)34(32,33)28-22-8-5-13-29(22)3/h4,6-7,9-12,14-16H,5,8,13H2,1-3H3,(H,27,31)/b28-22-. The van der Waals surface area contributed by atoms with Gasteiger partial charge in [0.05, 0.1) is 28.0 Å². The Morgan fingerprint density at radius 3 is 2.56 bits per heavy atom. The molecule has 0 spiro atoms. The number of nitrogens with one attached hydrogen (secondary N) is 1. The minimum Gasteiger partial charge on any atom is -0.362 e. The van der Waals surface area contributed by atoms with Crippen molar-refractivity contribution < 1.29 is 17.6 Å². The lowest BCUT2D eigenvalue weighted by molar-refractivity contribution is 0.102. The van der Waals surface area contributed by atoms with Crippen molar-refractivity contribution in [1.29, 1.82) is 0 Å². The monoisotopic (exact) mass is 483 g/mol. The van der Waals surface area contributed by atoms with E-state index in [1.807, 2.05) is 25.8 Å². The largest absolute Gasteiger partial charge is 0.362 e. The minimum atomic E-state index is -3.91. The van der Waals surface area contributed by atoms with E-state index in [1.54, 1.807) is 28.9 Å². The summed E-state index contributed by atoms with van der Waals surface area (Å²) in [4.78, 5) is 14.9. The van der Waals surface area contributed by atoms with Crippen molar-refractivity contribution in [3.8, 4) is 5.69 Å². The maximum atomic E-state index is 13.3. The second kappa shape index (κ2) is 9.38. The number of sulfonamides is 1. The van der Waals surface area contributed by atoms with Crippen LogP contribution in [-0.2, 0) is 10.0 Å². The Kier molecular flexibility index (Phi) is 6.52. The number of anilines is 1. The zero-order valence-corrected chi connectivity index (χ0v) is 20.0. The lowest BCUT2D eigenvalue weighted by Crippen LogP contribution is -2.20. The van der Waals surface area contributed by atoms with E-state index < -0.39 is 15.9 Å². The number of carbonyl (C=O) groups is 1. The third kappa shape index (κ3) is 4.86. The summed E-state index contributed by atoms with van der Waals surface area (Å²) in [6.07, 6.45) is 2.93. The zero-order chi connectivity index (χ0) is 24.5. The van der Waals surface area contributed by atoms with E-state index >= 15 is 0 Å². The van der Waals surface area contributed by atoms with Gasteiger partial charge in [0.25, 0.3) is 15.9 Å².